The second kappa shape index (κ2) is 5.05. The van der Waals surface area contributed by atoms with E-state index in [0.29, 0.717) is 5.41 Å². The van der Waals surface area contributed by atoms with Crippen molar-refractivity contribution in [3.8, 4) is 0 Å². The Morgan fingerprint density at radius 1 is 1.25 bits per heavy atom. The van der Waals surface area contributed by atoms with E-state index >= 15 is 0 Å². The Morgan fingerprint density at radius 2 is 1.94 bits per heavy atom. The van der Waals surface area contributed by atoms with Crippen LogP contribution in [0.25, 0.3) is 0 Å². The van der Waals surface area contributed by atoms with Gasteiger partial charge < -0.3 is 10.2 Å². The molecule has 0 aromatic carbocycles. The van der Waals surface area contributed by atoms with Gasteiger partial charge in [-0.2, -0.15) is 0 Å². The van der Waals surface area contributed by atoms with Crippen LogP contribution in [0.2, 0.25) is 0 Å². The normalized spacial score (nSPS) is 34.7. The first kappa shape index (κ1) is 12.4. The number of hydrogen-bond acceptors (Lipinski definition) is 2. The van der Waals surface area contributed by atoms with Gasteiger partial charge in [0.2, 0.25) is 0 Å². The summed E-state index contributed by atoms with van der Waals surface area (Å²) < 4.78 is 0. The third-order valence-electron chi connectivity index (χ3n) is 4.59. The quantitative estimate of drug-likeness (QED) is 0.789. The van der Waals surface area contributed by atoms with E-state index in [2.05, 4.69) is 31.0 Å². The minimum Gasteiger partial charge on any atom is -0.313 e. The molecule has 1 heterocycles. The van der Waals surface area contributed by atoms with Gasteiger partial charge in [0.05, 0.1) is 0 Å². The molecule has 2 nitrogen and oxygen atoms in total. The highest BCUT2D eigenvalue weighted by molar-refractivity contribution is 4.97. The zero-order valence-corrected chi connectivity index (χ0v) is 11.3. The Hall–Kier alpha value is -0.0800. The Morgan fingerprint density at radius 3 is 2.56 bits per heavy atom. The molecule has 1 N–H and O–H groups in total. The molecule has 0 aromatic heterocycles. The van der Waals surface area contributed by atoms with E-state index in [0.717, 1.165) is 18.5 Å². The van der Waals surface area contributed by atoms with Crippen molar-refractivity contribution in [2.45, 2.75) is 52.5 Å². The van der Waals surface area contributed by atoms with E-state index in [1.165, 1.54) is 45.3 Å². The van der Waals surface area contributed by atoms with Crippen LogP contribution in [-0.2, 0) is 0 Å². The van der Waals surface area contributed by atoms with E-state index in [-0.39, 0.29) is 0 Å². The summed E-state index contributed by atoms with van der Waals surface area (Å²) in [4.78, 5) is 2.68. The molecule has 1 saturated heterocycles. The zero-order valence-electron chi connectivity index (χ0n) is 11.3. The lowest BCUT2D eigenvalue weighted by Crippen LogP contribution is -2.45. The van der Waals surface area contributed by atoms with Crippen LogP contribution in [0.3, 0.4) is 0 Å². The average Bonchev–Trinajstić information content (AvgIpc) is 2.81. The van der Waals surface area contributed by atoms with Gasteiger partial charge in [0, 0.05) is 12.6 Å². The SMILES string of the molecule is CCNC1C(CN2CCCC2)CCC1(C)C. The third kappa shape index (κ3) is 2.60. The molecular weight excluding hydrogens is 196 g/mol. The average molecular weight is 224 g/mol. The Kier molecular flexibility index (Phi) is 3.91. The van der Waals surface area contributed by atoms with Crippen molar-refractivity contribution >= 4 is 0 Å². The largest absolute Gasteiger partial charge is 0.313 e. The summed E-state index contributed by atoms with van der Waals surface area (Å²) >= 11 is 0. The first-order chi connectivity index (χ1) is 7.63. The van der Waals surface area contributed by atoms with E-state index in [1.807, 2.05) is 0 Å². The molecule has 0 spiro atoms. The molecule has 2 aliphatic rings. The summed E-state index contributed by atoms with van der Waals surface area (Å²) in [5.74, 6) is 0.882. The molecule has 2 rings (SSSR count). The fourth-order valence-electron chi connectivity index (χ4n) is 3.67. The number of hydrogen-bond donors (Lipinski definition) is 1. The molecule has 1 aliphatic carbocycles. The minimum absolute atomic E-state index is 0.500. The van der Waals surface area contributed by atoms with Gasteiger partial charge >= 0.3 is 0 Å². The predicted octanol–water partition coefficient (Wildman–Crippen LogP) is 2.50. The molecule has 0 bridgehead atoms. The van der Waals surface area contributed by atoms with Gasteiger partial charge in [-0.3, -0.25) is 0 Å². The number of nitrogens with one attached hydrogen (secondary N) is 1. The van der Waals surface area contributed by atoms with E-state index in [1.54, 1.807) is 0 Å². The van der Waals surface area contributed by atoms with Crippen molar-refractivity contribution in [3.05, 3.63) is 0 Å². The van der Waals surface area contributed by atoms with Crippen molar-refractivity contribution < 1.29 is 0 Å². The standard InChI is InChI=1S/C14H28N2/c1-4-15-13-12(7-8-14(13,2)3)11-16-9-5-6-10-16/h12-13,15H,4-11H2,1-3H3. The van der Waals surface area contributed by atoms with Crippen LogP contribution in [0.15, 0.2) is 0 Å². The van der Waals surface area contributed by atoms with Crippen molar-refractivity contribution in [1.29, 1.82) is 0 Å². The highest BCUT2D eigenvalue weighted by Gasteiger charge is 2.41. The van der Waals surface area contributed by atoms with Crippen LogP contribution < -0.4 is 5.32 Å². The summed E-state index contributed by atoms with van der Waals surface area (Å²) in [6.45, 7) is 12.2. The molecule has 2 fully saturated rings. The van der Waals surface area contributed by atoms with Gasteiger partial charge in [-0.05, 0) is 56.7 Å². The lowest BCUT2D eigenvalue weighted by Gasteiger charge is -2.33. The minimum atomic E-state index is 0.500. The summed E-state index contributed by atoms with van der Waals surface area (Å²) in [6.07, 6.45) is 5.65. The molecule has 2 atom stereocenters. The van der Waals surface area contributed by atoms with Crippen molar-refractivity contribution in [2.24, 2.45) is 11.3 Å². The fourth-order valence-corrected chi connectivity index (χ4v) is 3.67. The summed E-state index contributed by atoms with van der Waals surface area (Å²) in [7, 11) is 0. The second-order valence-corrected chi connectivity index (χ2v) is 6.33. The molecule has 94 valence electrons. The number of rotatable bonds is 4. The zero-order chi connectivity index (χ0) is 11.6. The monoisotopic (exact) mass is 224 g/mol. The van der Waals surface area contributed by atoms with Crippen LogP contribution in [0.4, 0.5) is 0 Å². The van der Waals surface area contributed by atoms with Crippen LogP contribution >= 0.6 is 0 Å². The molecule has 0 aromatic rings. The van der Waals surface area contributed by atoms with E-state index in [4.69, 9.17) is 0 Å². The van der Waals surface area contributed by atoms with E-state index < -0.39 is 0 Å². The highest BCUT2D eigenvalue weighted by Crippen LogP contribution is 2.41. The molecule has 0 amide bonds. The molecule has 0 radical (unpaired) electrons. The van der Waals surface area contributed by atoms with Crippen LogP contribution in [0.5, 0.6) is 0 Å². The van der Waals surface area contributed by atoms with Crippen LogP contribution in [0.1, 0.15) is 46.5 Å². The predicted molar refractivity (Wildman–Crippen MR) is 69.6 cm³/mol. The lowest BCUT2D eigenvalue weighted by atomic mass is 9.84. The molecule has 1 aliphatic heterocycles. The van der Waals surface area contributed by atoms with Gasteiger partial charge in [0.15, 0.2) is 0 Å². The molecule has 1 saturated carbocycles. The van der Waals surface area contributed by atoms with Gasteiger partial charge in [-0.1, -0.05) is 20.8 Å². The Bertz CT molecular complexity index is 219. The molecular formula is C14H28N2. The topological polar surface area (TPSA) is 15.3 Å². The number of nitrogens with zero attached hydrogens (tertiary/aromatic N) is 1. The maximum absolute atomic E-state index is 3.73. The third-order valence-corrected chi connectivity index (χ3v) is 4.59. The van der Waals surface area contributed by atoms with Crippen LogP contribution in [0, 0.1) is 11.3 Å². The van der Waals surface area contributed by atoms with Crippen molar-refractivity contribution in [1.82, 2.24) is 10.2 Å². The van der Waals surface area contributed by atoms with Crippen LogP contribution in [-0.4, -0.2) is 37.1 Å². The first-order valence-electron chi connectivity index (χ1n) is 7.09. The summed E-state index contributed by atoms with van der Waals surface area (Å²) in [6, 6.07) is 0.734. The molecule has 16 heavy (non-hydrogen) atoms. The van der Waals surface area contributed by atoms with Gasteiger partial charge in [-0.25, -0.2) is 0 Å². The Balaban J connectivity index is 1.92. The van der Waals surface area contributed by atoms with Gasteiger partial charge in [0.1, 0.15) is 0 Å². The second-order valence-electron chi connectivity index (χ2n) is 6.33. The smallest absolute Gasteiger partial charge is 0.0159 e. The highest BCUT2D eigenvalue weighted by atomic mass is 15.1. The van der Waals surface area contributed by atoms with E-state index in [9.17, 15) is 0 Å². The maximum atomic E-state index is 3.73. The lowest BCUT2D eigenvalue weighted by molar-refractivity contribution is 0.205. The fraction of sp³-hybridized carbons (Fsp3) is 1.00. The van der Waals surface area contributed by atoms with Gasteiger partial charge in [0.25, 0.3) is 0 Å². The first-order valence-corrected chi connectivity index (χ1v) is 7.09. The Labute approximate surface area is 101 Å². The van der Waals surface area contributed by atoms with Crippen molar-refractivity contribution in [3.63, 3.8) is 0 Å². The molecule has 2 heteroatoms. The number of likely N-dealkylation sites (tertiary alicyclic amines) is 1. The summed E-state index contributed by atoms with van der Waals surface area (Å²) in [5, 5.41) is 3.73. The summed E-state index contributed by atoms with van der Waals surface area (Å²) in [5.41, 5.74) is 0.500. The molecule has 2 unspecified atom stereocenters. The van der Waals surface area contributed by atoms with Gasteiger partial charge in [-0.15, -0.1) is 0 Å². The maximum Gasteiger partial charge on any atom is 0.0159 e. The van der Waals surface area contributed by atoms with Crippen molar-refractivity contribution in [2.75, 3.05) is 26.2 Å².